The number of hydrogen-bond donors (Lipinski definition) is 0. The number of hydrogen-bond acceptors (Lipinski definition) is 2. The Hall–Kier alpha value is -1.74. The molecule has 0 aliphatic heterocycles. The number of pyridine rings is 1. The number of halogens is 1. The highest BCUT2D eigenvalue weighted by atomic mass is 19.1. The van der Waals surface area contributed by atoms with E-state index in [4.69, 9.17) is 9.72 Å². The van der Waals surface area contributed by atoms with E-state index in [9.17, 15) is 4.39 Å². The second-order valence-corrected chi connectivity index (χ2v) is 6.82. The Balaban J connectivity index is 2.86. The molecule has 0 fully saturated rings. The van der Waals surface area contributed by atoms with Crippen LogP contribution in [0, 0.1) is 5.82 Å². The number of nitrogens with zero attached hydrogens (tertiary/aromatic N) is 1. The van der Waals surface area contributed by atoms with E-state index >= 15 is 0 Å². The normalized spacial score (nSPS) is 11.5. The van der Waals surface area contributed by atoms with Crippen molar-refractivity contribution in [2.24, 2.45) is 0 Å². The smallest absolute Gasteiger partial charge is 0.123 e. The van der Waals surface area contributed by atoms with Crippen molar-refractivity contribution < 1.29 is 9.13 Å². The maximum Gasteiger partial charge on any atom is 0.123 e. The van der Waals surface area contributed by atoms with E-state index in [-0.39, 0.29) is 5.82 Å². The lowest BCUT2D eigenvalue weighted by atomic mass is 9.86. The summed E-state index contributed by atoms with van der Waals surface area (Å²) in [7, 11) is 1.71. The van der Waals surface area contributed by atoms with E-state index in [1.165, 1.54) is 23.3 Å². The van der Waals surface area contributed by atoms with E-state index in [0.717, 1.165) is 28.9 Å². The second kappa shape index (κ2) is 7.89. The number of aromatic nitrogens is 1. The van der Waals surface area contributed by atoms with Gasteiger partial charge in [0, 0.05) is 24.1 Å². The summed E-state index contributed by atoms with van der Waals surface area (Å²) in [6, 6.07) is 6.76. The molecule has 0 aliphatic rings. The van der Waals surface area contributed by atoms with Gasteiger partial charge in [0.1, 0.15) is 5.82 Å². The van der Waals surface area contributed by atoms with Crippen LogP contribution >= 0.6 is 0 Å². The largest absolute Gasteiger partial charge is 0.380 e. The van der Waals surface area contributed by atoms with Gasteiger partial charge in [-0.15, -0.1) is 0 Å². The van der Waals surface area contributed by atoms with Crippen LogP contribution in [0.1, 0.15) is 69.0 Å². The van der Waals surface area contributed by atoms with Gasteiger partial charge in [-0.05, 0) is 47.1 Å². The van der Waals surface area contributed by atoms with Crippen LogP contribution in [0.25, 0.3) is 11.1 Å². The van der Waals surface area contributed by atoms with Crippen molar-refractivity contribution in [2.45, 2.75) is 59.5 Å². The second-order valence-electron chi connectivity index (χ2n) is 6.82. The lowest BCUT2D eigenvalue weighted by Crippen LogP contribution is -2.12. The minimum Gasteiger partial charge on any atom is -0.380 e. The SMILES string of the molecule is CCc1c(C(C)C)nc(C(C)C)c(COC)c1-c1ccc(F)cc1. The zero-order valence-electron chi connectivity index (χ0n) is 15.6. The monoisotopic (exact) mass is 329 g/mol. The highest BCUT2D eigenvalue weighted by molar-refractivity contribution is 5.73. The van der Waals surface area contributed by atoms with Gasteiger partial charge in [-0.2, -0.15) is 0 Å². The van der Waals surface area contributed by atoms with E-state index in [1.54, 1.807) is 7.11 Å². The first kappa shape index (κ1) is 18.6. The molecular formula is C21H28FNO. The van der Waals surface area contributed by atoms with E-state index in [1.807, 2.05) is 12.1 Å². The lowest BCUT2D eigenvalue weighted by Gasteiger charge is -2.24. The van der Waals surface area contributed by atoms with Gasteiger partial charge in [-0.3, -0.25) is 4.98 Å². The van der Waals surface area contributed by atoms with Crippen molar-refractivity contribution in [2.75, 3.05) is 7.11 Å². The summed E-state index contributed by atoms with van der Waals surface area (Å²) in [4.78, 5) is 5.01. The van der Waals surface area contributed by atoms with Crippen molar-refractivity contribution in [3.8, 4) is 11.1 Å². The molecule has 24 heavy (non-hydrogen) atoms. The lowest BCUT2D eigenvalue weighted by molar-refractivity contribution is 0.183. The summed E-state index contributed by atoms with van der Waals surface area (Å²) in [6.07, 6.45) is 0.891. The minimum atomic E-state index is -0.215. The average Bonchev–Trinajstić information content (AvgIpc) is 2.54. The molecule has 0 spiro atoms. The summed E-state index contributed by atoms with van der Waals surface area (Å²) in [6.45, 7) is 11.3. The highest BCUT2D eigenvalue weighted by Crippen LogP contribution is 2.37. The van der Waals surface area contributed by atoms with Gasteiger partial charge in [-0.1, -0.05) is 46.8 Å². The molecule has 0 amide bonds. The summed E-state index contributed by atoms with van der Waals surface area (Å²) in [5, 5.41) is 0. The molecule has 3 heteroatoms. The maximum absolute atomic E-state index is 13.4. The van der Waals surface area contributed by atoms with Crippen LogP contribution < -0.4 is 0 Å². The van der Waals surface area contributed by atoms with Crippen LogP contribution in [0.2, 0.25) is 0 Å². The molecule has 0 aliphatic carbocycles. The Morgan fingerprint density at radius 1 is 0.958 bits per heavy atom. The topological polar surface area (TPSA) is 22.1 Å². The molecule has 0 radical (unpaired) electrons. The molecule has 0 bridgehead atoms. The molecular weight excluding hydrogens is 301 g/mol. The first-order valence-electron chi connectivity index (χ1n) is 8.71. The van der Waals surface area contributed by atoms with E-state index < -0.39 is 0 Å². The zero-order valence-corrected chi connectivity index (χ0v) is 15.6. The molecule has 0 saturated carbocycles. The summed E-state index contributed by atoms with van der Waals surface area (Å²) >= 11 is 0. The predicted molar refractivity (Wildman–Crippen MR) is 97.9 cm³/mol. The molecule has 1 heterocycles. The molecule has 0 N–H and O–H groups in total. The van der Waals surface area contributed by atoms with Crippen LogP contribution in [0.3, 0.4) is 0 Å². The van der Waals surface area contributed by atoms with Crippen LogP contribution in [-0.2, 0) is 17.8 Å². The maximum atomic E-state index is 13.4. The number of methoxy groups -OCH3 is 1. The third kappa shape index (κ3) is 3.67. The van der Waals surface area contributed by atoms with E-state index in [2.05, 4.69) is 34.6 Å². The van der Waals surface area contributed by atoms with Crippen LogP contribution in [0.4, 0.5) is 4.39 Å². The van der Waals surface area contributed by atoms with Crippen LogP contribution in [0.5, 0.6) is 0 Å². The molecule has 130 valence electrons. The van der Waals surface area contributed by atoms with Gasteiger partial charge in [0.05, 0.1) is 6.61 Å². The van der Waals surface area contributed by atoms with Gasteiger partial charge in [0.25, 0.3) is 0 Å². The van der Waals surface area contributed by atoms with Gasteiger partial charge in [0.15, 0.2) is 0 Å². The summed E-state index contributed by atoms with van der Waals surface area (Å²) in [5.74, 6) is 0.429. The summed E-state index contributed by atoms with van der Waals surface area (Å²) in [5.41, 5.74) is 6.79. The standard InChI is InChI=1S/C21H28FNO/c1-7-17-19(15-8-10-16(22)11-9-15)18(12-24-6)21(14(4)5)23-20(17)13(2)3/h8-11,13-14H,7,12H2,1-6H3. The van der Waals surface area contributed by atoms with Crippen molar-refractivity contribution in [3.63, 3.8) is 0 Å². The average molecular weight is 329 g/mol. The minimum absolute atomic E-state index is 0.215. The fourth-order valence-electron chi connectivity index (χ4n) is 3.27. The predicted octanol–water partition coefficient (Wildman–Crippen LogP) is 5.84. The van der Waals surface area contributed by atoms with Crippen molar-refractivity contribution in [3.05, 3.63) is 52.6 Å². The molecule has 1 aromatic heterocycles. The molecule has 1 aromatic carbocycles. The molecule has 2 nitrogen and oxygen atoms in total. The van der Waals surface area contributed by atoms with Crippen LogP contribution in [0.15, 0.2) is 24.3 Å². The highest BCUT2D eigenvalue weighted by Gasteiger charge is 2.22. The van der Waals surface area contributed by atoms with Gasteiger partial charge in [0.2, 0.25) is 0 Å². The van der Waals surface area contributed by atoms with Crippen molar-refractivity contribution in [1.29, 1.82) is 0 Å². The third-order valence-electron chi connectivity index (χ3n) is 4.33. The van der Waals surface area contributed by atoms with Crippen LogP contribution in [-0.4, -0.2) is 12.1 Å². The first-order chi connectivity index (χ1) is 11.4. The Bertz CT molecular complexity index is 690. The van der Waals surface area contributed by atoms with E-state index in [0.29, 0.717) is 18.4 Å². The summed E-state index contributed by atoms with van der Waals surface area (Å²) < 4.78 is 18.9. The van der Waals surface area contributed by atoms with Gasteiger partial charge < -0.3 is 4.74 Å². The Kier molecular flexibility index (Phi) is 6.11. The van der Waals surface area contributed by atoms with Gasteiger partial charge >= 0.3 is 0 Å². The molecule has 2 aromatic rings. The first-order valence-corrected chi connectivity index (χ1v) is 8.71. The van der Waals surface area contributed by atoms with Crippen molar-refractivity contribution >= 4 is 0 Å². The van der Waals surface area contributed by atoms with Crippen molar-refractivity contribution in [1.82, 2.24) is 4.98 Å². The van der Waals surface area contributed by atoms with Gasteiger partial charge in [-0.25, -0.2) is 4.39 Å². The Labute approximate surface area is 145 Å². The molecule has 0 atom stereocenters. The molecule has 0 saturated heterocycles. The quantitative estimate of drug-likeness (QED) is 0.664. The number of benzene rings is 1. The molecule has 2 rings (SSSR count). The Morgan fingerprint density at radius 2 is 1.50 bits per heavy atom. The fourth-order valence-corrected chi connectivity index (χ4v) is 3.27. The Morgan fingerprint density at radius 3 is 1.96 bits per heavy atom. The molecule has 0 unspecified atom stereocenters. The number of ether oxygens (including phenoxy) is 1. The third-order valence-corrected chi connectivity index (χ3v) is 4.33. The zero-order chi connectivity index (χ0) is 17.9. The fraction of sp³-hybridized carbons (Fsp3) is 0.476. The number of rotatable bonds is 6.